The minimum absolute atomic E-state index is 0.0271. The highest BCUT2D eigenvalue weighted by Gasteiger charge is 2.63. The van der Waals surface area contributed by atoms with E-state index < -0.39 is 5.54 Å². The standard InChI is InChI=1S/C18H21ClN4O3/c1-26-16(24)11-8-18(23-6-2-3-14(11)23)12-7-10(21-15(20)9-19)4-5-13(12)22-17(18)25/h4-5,7,11,14H,2-3,6,8-9H2,1H3,(H2,20,21)(H,22,25). The second kappa shape index (κ2) is 6.25. The van der Waals surface area contributed by atoms with Crippen LogP contribution in [0.2, 0.25) is 0 Å². The van der Waals surface area contributed by atoms with Crippen LogP contribution in [0.4, 0.5) is 11.4 Å². The second-order valence-corrected chi connectivity index (χ2v) is 7.29. The second-order valence-electron chi connectivity index (χ2n) is 7.02. The number of benzene rings is 1. The van der Waals surface area contributed by atoms with E-state index in [0.717, 1.165) is 30.6 Å². The van der Waals surface area contributed by atoms with Crippen molar-refractivity contribution in [3.63, 3.8) is 0 Å². The molecule has 1 aromatic rings. The third-order valence-corrected chi connectivity index (χ3v) is 6.03. The van der Waals surface area contributed by atoms with Crippen LogP contribution < -0.4 is 11.1 Å². The van der Waals surface area contributed by atoms with Gasteiger partial charge in [-0.15, -0.1) is 11.6 Å². The fourth-order valence-electron chi connectivity index (χ4n) is 4.73. The van der Waals surface area contributed by atoms with Gasteiger partial charge in [0.05, 0.1) is 24.6 Å². The van der Waals surface area contributed by atoms with Gasteiger partial charge in [-0.1, -0.05) is 0 Å². The number of rotatable bonds is 3. The Morgan fingerprint density at radius 1 is 1.54 bits per heavy atom. The van der Waals surface area contributed by atoms with E-state index in [4.69, 9.17) is 22.1 Å². The molecule has 3 atom stereocenters. The van der Waals surface area contributed by atoms with Gasteiger partial charge in [0.25, 0.3) is 0 Å². The van der Waals surface area contributed by atoms with Crippen molar-refractivity contribution < 1.29 is 14.3 Å². The van der Waals surface area contributed by atoms with E-state index in [1.54, 1.807) is 6.07 Å². The molecule has 1 aromatic carbocycles. The number of nitrogens with one attached hydrogen (secondary N) is 1. The average molecular weight is 377 g/mol. The molecule has 0 aromatic heterocycles. The summed E-state index contributed by atoms with van der Waals surface area (Å²) < 4.78 is 5.01. The molecule has 0 bridgehead atoms. The van der Waals surface area contributed by atoms with Crippen LogP contribution in [0.3, 0.4) is 0 Å². The molecule has 0 saturated carbocycles. The van der Waals surface area contributed by atoms with Crippen molar-refractivity contribution in [2.24, 2.45) is 16.6 Å². The van der Waals surface area contributed by atoms with Gasteiger partial charge in [0.15, 0.2) is 0 Å². The van der Waals surface area contributed by atoms with Gasteiger partial charge in [-0.05, 0) is 44.0 Å². The molecule has 3 aliphatic rings. The van der Waals surface area contributed by atoms with E-state index in [-0.39, 0.29) is 29.7 Å². The number of nitrogens with two attached hydrogens (primary N) is 1. The van der Waals surface area contributed by atoms with Crippen molar-refractivity contribution in [2.45, 2.75) is 30.8 Å². The lowest BCUT2D eigenvalue weighted by atomic mass is 9.84. The SMILES string of the molecule is COC(=O)C1CC2(C(=O)Nc3ccc(N=C(N)CCl)cc32)N2CCCC12. The topological polar surface area (TPSA) is 97.0 Å². The highest BCUT2D eigenvalue weighted by atomic mass is 35.5. The number of hydrogen-bond acceptors (Lipinski definition) is 5. The fourth-order valence-corrected chi connectivity index (χ4v) is 4.79. The number of amidine groups is 1. The highest BCUT2D eigenvalue weighted by molar-refractivity contribution is 6.28. The van der Waals surface area contributed by atoms with Gasteiger partial charge in [-0.25, -0.2) is 4.99 Å². The van der Waals surface area contributed by atoms with E-state index in [1.165, 1.54) is 7.11 Å². The van der Waals surface area contributed by atoms with E-state index in [9.17, 15) is 9.59 Å². The Balaban J connectivity index is 1.81. The van der Waals surface area contributed by atoms with E-state index in [2.05, 4.69) is 15.2 Å². The first-order valence-electron chi connectivity index (χ1n) is 8.71. The summed E-state index contributed by atoms with van der Waals surface area (Å²) in [6.07, 6.45) is 2.27. The summed E-state index contributed by atoms with van der Waals surface area (Å²) in [6.45, 7) is 0.780. The van der Waals surface area contributed by atoms with Crippen LogP contribution >= 0.6 is 11.6 Å². The van der Waals surface area contributed by atoms with Gasteiger partial charge in [0.1, 0.15) is 11.4 Å². The van der Waals surface area contributed by atoms with Crippen molar-refractivity contribution in [1.29, 1.82) is 0 Å². The maximum absolute atomic E-state index is 13.1. The molecular formula is C18H21ClN4O3. The number of methoxy groups -OCH3 is 1. The lowest BCUT2D eigenvalue weighted by Crippen LogP contribution is -2.47. The Morgan fingerprint density at radius 2 is 2.35 bits per heavy atom. The monoisotopic (exact) mass is 376 g/mol. The van der Waals surface area contributed by atoms with Crippen molar-refractivity contribution >= 4 is 40.7 Å². The zero-order valence-corrected chi connectivity index (χ0v) is 15.3. The summed E-state index contributed by atoms with van der Waals surface area (Å²) in [4.78, 5) is 31.9. The first-order chi connectivity index (χ1) is 12.5. The van der Waals surface area contributed by atoms with Gasteiger partial charge in [-0.3, -0.25) is 14.5 Å². The summed E-state index contributed by atoms with van der Waals surface area (Å²) >= 11 is 5.72. The number of fused-ring (bicyclic) bond motifs is 4. The number of carbonyl (C=O) groups is 2. The number of ether oxygens (including phenoxy) is 1. The number of alkyl halides is 1. The number of nitrogens with zero attached hydrogens (tertiary/aromatic N) is 2. The van der Waals surface area contributed by atoms with Gasteiger partial charge >= 0.3 is 5.97 Å². The van der Waals surface area contributed by atoms with Gasteiger partial charge < -0.3 is 15.8 Å². The predicted molar refractivity (Wildman–Crippen MR) is 98.6 cm³/mol. The molecule has 1 spiro atoms. The molecule has 3 N–H and O–H groups in total. The van der Waals surface area contributed by atoms with Crippen LogP contribution in [0.15, 0.2) is 23.2 Å². The average Bonchev–Trinajstić information content (AvgIpc) is 3.30. The van der Waals surface area contributed by atoms with Crippen LogP contribution in [0.25, 0.3) is 0 Å². The highest BCUT2D eigenvalue weighted by Crippen LogP contribution is 2.55. The zero-order valence-electron chi connectivity index (χ0n) is 14.5. The Labute approximate surface area is 156 Å². The molecule has 7 nitrogen and oxygen atoms in total. The van der Waals surface area contributed by atoms with E-state index >= 15 is 0 Å². The van der Waals surface area contributed by atoms with Crippen LogP contribution in [0.1, 0.15) is 24.8 Å². The summed E-state index contributed by atoms with van der Waals surface area (Å²) in [5.41, 5.74) is 7.16. The number of esters is 1. The minimum Gasteiger partial charge on any atom is -0.469 e. The summed E-state index contributed by atoms with van der Waals surface area (Å²) in [7, 11) is 1.40. The maximum atomic E-state index is 13.1. The fraction of sp³-hybridized carbons (Fsp3) is 0.500. The lowest BCUT2D eigenvalue weighted by molar-refractivity contribution is -0.146. The molecule has 4 rings (SSSR count). The van der Waals surface area contributed by atoms with E-state index in [0.29, 0.717) is 17.9 Å². The Kier molecular flexibility index (Phi) is 4.16. The smallest absolute Gasteiger partial charge is 0.310 e. The molecule has 0 aliphatic carbocycles. The summed E-state index contributed by atoms with van der Waals surface area (Å²) in [5, 5.41) is 2.98. The third kappa shape index (κ3) is 2.34. The summed E-state index contributed by atoms with van der Waals surface area (Å²) in [6, 6.07) is 5.53. The number of anilines is 1. The first kappa shape index (κ1) is 17.3. The Bertz CT molecular complexity index is 812. The molecule has 3 unspecified atom stereocenters. The number of halogens is 1. The predicted octanol–water partition coefficient (Wildman–Crippen LogP) is 1.72. The van der Waals surface area contributed by atoms with Gasteiger partial charge in [0.2, 0.25) is 5.91 Å². The molecule has 26 heavy (non-hydrogen) atoms. The lowest BCUT2D eigenvalue weighted by Gasteiger charge is -2.32. The van der Waals surface area contributed by atoms with E-state index in [1.807, 2.05) is 12.1 Å². The molecule has 138 valence electrons. The van der Waals surface area contributed by atoms with Gasteiger partial charge in [0, 0.05) is 17.3 Å². The van der Waals surface area contributed by atoms with Crippen LogP contribution in [0, 0.1) is 5.92 Å². The summed E-state index contributed by atoms with van der Waals surface area (Å²) in [5.74, 6) is -0.189. The Morgan fingerprint density at radius 3 is 3.08 bits per heavy atom. The van der Waals surface area contributed by atoms with Crippen molar-refractivity contribution in [2.75, 3.05) is 24.9 Å². The first-order valence-corrected chi connectivity index (χ1v) is 9.24. The van der Waals surface area contributed by atoms with Crippen LogP contribution in [-0.4, -0.2) is 48.2 Å². The number of carbonyl (C=O) groups excluding carboxylic acids is 2. The molecule has 3 aliphatic heterocycles. The zero-order chi connectivity index (χ0) is 18.5. The molecule has 3 heterocycles. The third-order valence-electron chi connectivity index (χ3n) is 5.76. The Hall–Kier alpha value is -2.12. The van der Waals surface area contributed by atoms with Crippen molar-refractivity contribution in [3.05, 3.63) is 23.8 Å². The van der Waals surface area contributed by atoms with Crippen molar-refractivity contribution in [3.8, 4) is 0 Å². The maximum Gasteiger partial charge on any atom is 0.310 e. The number of hydrogen-bond donors (Lipinski definition) is 2. The van der Waals surface area contributed by atoms with Crippen LogP contribution in [0.5, 0.6) is 0 Å². The van der Waals surface area contributed by atoms with Crippen molar-refractivity contribution in [1.82, 2.24) is 4.90 Å². The van der Waals surface area contributed by atoms with Gasteiger partial charge in [-0.2, -0.15) is 0 Å². The molecule has 2 fully saturated rings. The minimum atomic E-state index is -0.851. The molecule has 1 amide bonds. The molecular weight excluding hydrogens is 356 g/mol. The normalized spacial score (nSPS) is 30.4. The molecule has 2 saturated heterocycles. The quantitative estimate of drug-likeness (QED) is 0.362. The molecule has 8 heteroatoms. The van der Waals surface area contributed by atoms with Crippen LogP contribution in [-0.2, 0) is 19.9 Å². The number of aliphatic imine (C=N–C) groups is 1. The largest absolute Gasteiger partial charge is 0.469 e. The number of amides is 1. The molecule has 0 radical (unpaired) electrons.